The van der Waals surface area contributed by atoms with Crippen molar-refractivity contribution < 1.29 is 9.47 Å². The van der Waals surface area contributed by atoms with E-state index < -0.39 is 0 Å². The Labute approximate surface area is 192 Å². The summed E-state index contributed by atoms with van der Waals surface area (Å²) in [6.45, 7) is 1.05. The second-order valence-corrected chi connectivity index (χ2v) is 7.39. The van der Waals surface area contributed by atoms with Crippen molar-refractivity contribution in [3.05, 3.63) is 101 Å². The van der Waals surface area contributed by atoms with Crippen LogP contribution in [0.3, 0.4) is 0 Å². The third kappa shape index (κ3) is 5.64. The minimum absolute atomic E-state index is 0.106. The molecule has 0 bridgehead atoms. The molecular weight excluding hydrogens is 414 g/mol. The van der Waals surface area contributed by atoms with Gasteiger partial charge in [-0.15, -0.1) is 0 Å². The summed E-state index contributed by atoms with van der Waals surface area (Å²) in [5.41, 5.74) is 16.8. The van der Waals surface area contributed by atoms with Crippen molar-refractivity contribution in [1.29, 1.82) is 5.26 Å². The van der Waals surface area contributed by atoms with Crippen molar-refractivity contribution >= 4 is 11.8 Å². The maximum Gasteiger partial charge on any atom is 0.222 e. The fourth-order valence-electron chi connectivity index (χ4n) is 3.42. The van der Waals surface area contributed by atoms with Crippen LogP contribution in [-0.4, -0.2) is 9.97 Å². The second-order valence-electron chi connectivity index (χ2n) is 7.39. The van der Waals surface area contributed by atoms with Crippen molar-refractivity contribution in [3.63, 3.8) is 0 Å². The number of hydrogen-bond donors (Lipinski definition) is 2. The van der Waals surface area contributed by atoms with E-state index in [-0.39, 0.29) is 12.6 Å². The van der Waals surface area contributed by atoms with Gasteiger partial charge in [-0.05, 0) is 41.0 Å². The van der Waals surface area contributed by atoms with Gasteiger partial charge in [-0.3, -0.25) is 0 Å². The second kappa shape index (κ2) is 10.3. The monoisotopic (exact) mass is 437 g/mol. The van der Waals surface area contributed by atoms with Crippen LogP contribution in [0, 0.1) is 11.3 Å². The molecule has 0 saturated carbocycles. The Balaban J connectivity index is 1.47. The first-order chi connectivity index (χ1) is 16.1. The summed E-state index contributed by atoms with van der Waals surface area (Å²) in [4.78, 5) is 8.48. The first kappa shape index (κ1) is 21.8. The molecule has 164 valence electrons. The molecule has 7 nitrogen and oxygen atoms in total. The lowest BCUT2D eigenvalue weighted by atomic mass is 10.0. The Hall–Kier alpha value is -4.41. The van der Waals surface area contributed by atoms with E-state index in [1.54, 1.807) is 6.07 Å². The standard InChI is InChI=1S/C26H23N5O2/c27-14-19-7-4-8-20(13-19)16-33-22-11-9-21(10-12-22)24-23(30-26(29)31-25(24)28)17-32-15-18-5-2-1-3-6-18/h1-13H,15-17H2,(H4,28,29,30,31). The number of rotatable bonds is 8. The van der Waals surface area contributed by atoms with Gasteiger partial charge < -0.3 is 20.9 Å². The van der Waals surface area contributed by atoms with Crippen LogP contribution in [0.4, 0.5) is 11.8 Å². The zero-order valence-electron chi connectivity index (χ0n) is 17.9. The average molecular weight is 438 g/mol. The molecule has 0 fully saturated rings. The van der Waals surface area contributed by atoms with Crippen molar-refractivity contribution in [2.24, 2.45) is 0 Å². The zero-order valence-corrected chi connectivity index (χ0v) is 17.9. The van der Waals surface area contributed by atoms with E-state index in [0.29, 0.717) is 41.6 Å². The van der Waals surface area contributed by atoms with Crippen LogP contribution in [0.25, 0.3) is 11.1 Å². The van der Waals surface area contributed by atoms with Crippen LogP contribution < -0.4 is 16.2 Å². The van der Waals surface area contributed by atoms with E-state index in [1.807, 2.05) is 72.8 Å². The summed E-state index contributed by atoms with van der Waals surface area (Å²) in [7, 11) is 0. The molecule has 4 N–H and O–H groups in total. The molecule has 0 atom stereocenters. The SMILES string of the molecule is N#Cc1cccc(COc2ccc(-c3c(N)nc(N)nc3COCc3ccccc3)cc2)c1. The van der Waals surface area contributed by atoms with Gasteiger partial charge >= 0.3 is 0 Å². The lowest BCUT2D eigenvalue weighted by Gasteiger charge is -2.13. The normalized spacial score (nSPS) is 10.5. The highest BCUT2D eigenvalue weighted by molar-refractivity contribution is 5.77. The highest BCUT2D eigenvalue weighted by atomic mass is 16.5. The molecule has 0 aliphatic heterocycles. The fourth-order valence-corrected chi connectivity index (χ4v) is 3.42. The Kier molecular flexibility index (Phi) is 6.78. The number of nitrogen functional groups attached to an aromatic ring is 2. The predicted octanol–water partition coefficient (Wildman–Crippen LogP) is 4.48. The summed E-state index contributed by atoms with van der Waals surface area (Å²) >= 11 is 0. The summed E-state index contributed by atoms with van der Waals surface area (Å²) in [6, 6.07) is 26.9. The van der Waals surface area contributed by atoms with E-state index in [2.05, 4.69) is 16.0 Å². The molecule has 3 aromatic carbocycles. The molecule has 0 aliphatic rings. The maximum atomic E-state index is 9.03. The number of anilines is 2. The van der Waals surface area contributed by atoms with Gasteiger partial charge in [0.25, 0.3) is 0 Å². The number of aromatic nitrogens is 2. The molecule has 0 aliphatic carbocycles. The predicted molar refractivity (Wildman–Crippen MR) is 127 cm³/mol. The fraction of sp³-hybridized carbons (Fsp3) is 0.115. The third-order valence-corrected chi connectivity index (χ3v) is 4.98. The van der Waals surface area contributed by atoms with Crippen LogP contribution in [0.5, 0.6) is 5.75 Å². The largest absolute Gasteiger partial charge is 0.489 e. The first-order valence-electron chi connectivity index (χ1n) is 10.4. The molecule has 7 heteroatoms. The minimum Gasteiger partial charge on any atom is -0.489 e. The van der Waals surface area contributed by atoms with E-state index in [1.165, 1.54) is 0 Å². The number of nitrogens with two attached hydrogens (primary N) is 2. The smallest absolute Gasteiger partial charge is 0.222 e. The third-order valence-electron chi connectivity index (χ3n) is 4.98. The van der Waals surface area contributed by atoms with E-state index in [0.717, 1.165) is 16.7 Å². The van der Waals surface area contributed by atoms with Gasteiger partial charge in [-0.25, -0.2) is 4.98 Å². The Bertz CT molecular complexity index is 1270. The van der Waals surface area contributed by atoms with Gasteiger partial charge in [-0.2, -0.15) is 10.2 Å². The van der Waals surface area contributed by atoms with Gasteiger partial charge in [0.15, 0.2) is 0 Å². The number of ether oxygens (including phenoxy) is 2. The minimum atomic E-state index is 0.106. The molecule has 0 unspecified atom stereocenters. The Morgan fingerprint density at radius 2 is 1.55 bits per heavy atom. The lowest BCUT2D eigenvalue weighted by molar-refractivity contribution is 0.105. The van der Waals surface area contributed by atoms with E-state index in [4.69, 9.17) is 26.2 Å². The molecule has 0 spiro atoms. The van der Waals surface area contributed by atoms with Gasteiger partial charge in [0.05, 0.1) is 30.5 Å². The molecule has 4 rings (SSSR count). The average Bonchev–Trinajstić information content (AvgIpc) is 2.84. The van der Waals surface area contributed by atoms with Crippen molar-refractivity contribution in [2.45, 2.75) is 19.8 Å². The summed E-state index contributed by atoms with van der Waals surface area (Å²) < 4.78 is 11.7. The molecule has 0 saturated heterocycles. The van der Waals surface area contributed by atoms with Crippen molar-refractivity contribution in [1.82, 2.24) is 9.97 Å². The van der Waals surface area contributed by atoms with E-state index in [9.17, 15) is 0 Å². The van der Waals surface area contributed by atoms with Gasteiger partial charge in [0.2, 0.25) is 5.95 Å². The van der Waals surface area contributed by atoms with Crippen LogP contribution >= 0.6 is 0 Å². The highest BCUT2D eigenvalue weighted by Crippen LogP contribution is 2.30. The quantitative estimate of drug-likeness (QED) is 0.417. The van der Waals surface area contributed by atoms with Gasteiger partial charge in [0.1, 0.15) is 18.2 Å². The maximum absolute atomic E-state index is 9.03. The Morgan fingerprint density at radius 1 is 0.788 bits per heavy atom. The van der Waals surface area contributed by atoms with Gasteiger partial charge in [0, 0.05) is 5.56 Å². The summed E-state index contributed by atoms with van der Waals surface area (Å²) in [5.74, 6) is 1.09. The Morgan fingerprint density at radius 3 is 2.30 bits per heavy atom. The molecule has 1 heterocycles. The van der Waals surface area contributed by atoms with Crippen LogP contribution in [0.15, 0.2) is 78.9 Å². The molecule has 33 heavy (non-hydrogen) atoms. The summed E-state index contributed by atoms with van der Waals surface area (Å²) in [5, 5.41) is 9.03. The van der Waals surface area contributed by atoms with Crippen LogP contribution in [0.1, 0.15) is 22.4 Å². The van der Waals surface area contributed by atoms with Crippen molar-refractivity contribution in [3.8, 4) is 22.9 Å². The molecule has 1 aromatic heterocycles. The van der Waals surface area contributed by atoms with Gasteiger partial charge in [-0.1, -0.05) is 54.6 Å². The number of nitriles is 1. The molecule has 0 amide bonds. The topological polar surface area (TPSA) is 120 Å². The number of nitrogens with zero attached hydrogens (tertiary/aromatic N) is 3. The van der Waals surface area contributed by atoms with E-state index >= 15 is 0 Å². The highest BCUT2D eigenvalue weighted by Gasteiger charge is 2.14. The van der Waals surface area contributed by atoms with Crippen LogP contribution in [0.2, 0.25) is 0 Å². The molecular formula is C26H23N5O2. The van der Waals surface area contributed by atoms with Crippen LogP contribution in [-0.2, 0) is 24.6 Å². The lowest BCUT2D eigenvalue weighted by Crippen LogP contribution is -2.08. The number of benzene rings is 3. The summed E-state index contributed by atoms with van der Waals surface area (Å²) in [6.07, 6.45) is 0. The molecule has 0 radical (unpaired) electrons. The van der Waals surface area contributed by atoms with Crippen molar-refractivity contribution in [2.75, 3.05) is 11.5 Å². The zero-order chi connectivity index (χ0) is 23.0. The first-order valence-corrected chi connectivity index (χ1v) is 10.4. The number of hydrogen-bond acceptors (Lipinski definition) is 7. The molecule has 4 aromatic rings.